The Labute approximate surface area is 153 Å². The molecule has 0 saturated carbocycles. The van der Waals surface area contributed by atoms with Gasteiger partial charge in [0.15, 0.2) is 0 Å². The van der Waals surface area contributed by atoms with Crippen LogP contribution in [0.2, 0.25) is 0 Å². The molecule has 0 spiro atoms. The van der Waals surface area contributed by atoms with Gasteiger partial charge in [-0.05, 0) is 73.7 Å². The summed E-state index contributed by atoms with van der Waals surface area (Å²) < 4.78 is 19.5. The molecule has 0 bridgehead atoms. The first-order valence-corrected chi connectivity index (χ1v) is 9.10. The lowest BCUT2D eigenvalue weighted by atomic mass is 9.96. The van der Waals surface area contributed by atoms with E-state index in [1.165, 1.54) is 18.9 Å². The molecule has 1 saturated heterocycles. The summed E-state index contributed by atoms with van der Waals surface area (Å²) in [5, 5.41) is 6.20. The predicted molar refractivity (Wildman–Crippen MR) is 101 cm³/mol. The fourth-order valence-electron chi connectivity index (χ4n) is 3.32. The van der Waals surface area contributed by atoms with E-state index >= 15 is 0 Å². The molecule has 1 aliphatic rings. The number of hydrogen-bond donors (Lipinski definition) is 2. The molecule has 2 aromatic rings. The fourth-order valence-corrected chi connectivity index (χ4v) is 3.32. The van der Waals surface area contributed by atoms with Crippen LogP contribution in [0.25, 0.3) is 11.1 Å². The molecule has 2 N–H and O–H groups in total. The van der Waals surface area contributed by atoms with Crippen LogP contribution >= 0.6 is 0 Å². The van der Waals surface area contributed by atoms with Gasteiger partial charge in [0.1, 0.15) is 11.6 Å². The molecule has 1 unspecified atom stereocenters. The molecule has 0 aliphatic carbocycles. The second-order valence-electron chi connectivity index (χ2n) is 6.68. The second kappa shape index (κ2) is 8.81. The van der Waals surface area contributed by atoms with Crippen LogP contribution in [0.4, 0.5) is 4.39 Å². The predicted octanol–water partition coefficient (Wildman–Crippen LogP) is 3.62. The number of halogens is 1. The molecule has 2 aromatic carbocycles. The smallest absolute Gasteiger partial charge is 0.254 e. The van der Waals surface area contributed by atoms with E-state index in [1.54, 1.807) is 19.2 Å². The van der Waals surface area contributed by atoms with Crippen molar-refractivity contribution in [2.24, 2.45) is 5.92 Å². The van der Waals surface area contributed by atoms with Gasteiger partial charge in [0.25, 0.3) is 5.91 Å². The topological polar surface area (TPSA) is 50.4 Å². The van der Waals surface area contributed by atoms with Crippen LogP contribution in [-0.2, 0) is 0 Å². The SMILES string of the molecule is COc1ccc(-c2ccc(C(=O)NCCC3CCCNC3)c(F)c2)cc1. The summed E-state index contributed by atoms with van der Waals surface area (Å²) in [5.74, 6) is 0.479. The lowest BCUT2D eigenvalue weighted by Crippen LogP contribution is -2.33. The van der Waals surface area contributed by atoms with Crippen molar-refractivity contribution in [3.8, 4) is 16.9 Å². The molecular formula is C21H25FN2O2. The minimum absolute atomic E-state index is 0.0871. The lowest BCUT2D eigenvalue weighted by molar-refractivity contribution is 0.0946. The zero-order valence-electron chi connectivity index (χ0n) is 15.1. The quantitative estimate of drug-likeness (QED) is 0.831. The molecule has 26 heavy (non-hydrogen) atoms. The van der Waals surface area contributed by atoms with Crippen molar-refractivity contribution in [1.29, 1.82) is 0 Å². The number of carbonyl (C=O) groups is 1. The Bertz CT molecular complexity index is 740. The van der Waals surface area contributed by atoms with E-state index in [2.05, 4.69) is 10.6 Å². The summed E-state index contributed by atoms with van der Waals surface area (Å²) in [7, 11) is 1.60. The summed E-state index contributed by atoms with van der Waals surface area (Å²) in [6, 6.07) is 12.1. The zero-order chi connectivity index (χ0) is 18.4. The van der Waals surface area contributed by atoms with Gasteiger partial charge in [-0.3, -0.25) is 4.79 Å². The average Bonchev–Trinajstić information content (AvgIpc) is 2.68. The summed E-state index contributed by atoms with van der Waals surface area (Å²) in [6.45, 7) is 2.65. The van der Waals surface area contributed by atoms with Crippen LogP contribution in [0.3, 0.4) is 0 Å². The van der Waals surface area contributed by atoms with Gasteiger partial charge in [-0.15, -0.1) is 0 Å². The molecule has 1 amide bonds. The van der Waals surface area contributed by atoms with Crippen molar-refractivity contribution >= 4 is 5.91 Å². The van der Waals surface area contributed by atoms with Gasteiger partial charge in [0.05, 0.1) is 12.7 Å². The Kier molecular flexibility index (Phi) is 6.23. The third kappa shape index (κ3) is 4.61. The Balaban J connectivity index is 1.59. The molecule has 1 aliphatic heterocycles. The van der Waals surface area contributed by atoms with Crippen LogP contribution in [-0.4, -0.2) is 32.7 Å². The third-order valence-corrected chi connectivity index (χ3v) is 4.87. The van der Waals surface area contributed by atoms with E-state index in [1.807, 2.05) is 24.3 Å². The molecule has 0 radical (unpaired) electrons. The van der Waals surface area contributed by atoms with Crippen molar-refractivity contribution in [3.05, 3.63) is 53.8 Å². The zero-order valence-corrected chi connectivity index (χ0v) is 15.1. The maximum Gasteiger partial charge on any atom is 0.254 e. The fraction of sp³-hybridized carbons (Fsp3) is 0.381. The van der Waals surface area contributed by atoms with Crippen molar-refractivity contribution in [3.63, 3.8) is 0 Å². The summed E-state index contributed by atoms with van der Waals surface area (Å²) >= 11 is 0. The standard InChI is InChI=1S/C21H25FN2O2/c1-26-18-7-4-16(5-8-18)17-6-9-19(20(22)13-17)21(25)24-12-10-15-3-2-11-23-14-15/h4-9,13,15,23H,2-3,10-12,14H2,1H3,(H,24,25). The first-order valence-electron chi connectivity index (χ1n) is 9.10. The number of hydrogen-bond acceptors (Lipinski definition) is 3. The number of piperidine rings is 1. The number of ether oxygens (including phenoxy) is 1. The molecule has 5 heteroatoms. The highest BCUT2D eigenvalue weighted by atomic mass is 19.1. The molecule has 1 fully saturated rings. The van der Waals surface area contributed by atoms with Gasteiger partial charge in [-0.2, -0.15) is 0 Å². The molecule has 3 rings (SSSR count). The van der Waals surface area contributed by atoms with Crippen molar-refractivity contribution < 1.29 is 13.9 Å². The minimum atomic E-state index is -0.504. The lowest BCUT2D eigenvalue weighted by Gasteiger charge is -2.22. The minimum Gasteiger partial charge on any atom is -0.497 e. The van der Waals surface area contributed by atoms with Gasteiger partial charge in [0, 0.05) is 6.54 Å². The van der Waals surface area contributed by atoms with E-state index in [-0.39, 0.29) is 11.5 Å². The summed E-state index contributed by atoms with van der Waals surface area (Å²) in [5.41, 5.74) is 1.69. The average molecular weight is 356 g/mol. The van der Waals surface area contributed by atoms with E-state index in [9.17, 15) is 9.18 Å². The molecule has 4 nitrogen and oxygen atoms in total. The molecule has 0 aromatic heterocycles. The molecular weight excluding hydrogens is 331 g/mol. The van der Waals surface area contributed by atoms with Gasteiger partial charge >= 0.3 is 0 Å². The molecule has 1 atom stereocenters. The highest BCUT2D eigenvalue weighted by Crippen LogP contribution is 2.24. The van der Waals surface area contributed by atoms with Crippen LogP contribution in [0, 0.1) is 11.7 Å². The van der Waals surface area contributed by atoms with Crippen molar-refractivity contribution in [1.82, 2.24) is 10.6 Å². The molecule has 1 heterocycles. The number of methoxy groups -OCH3 is 1. The van der Waals surface area contributed by atoms with Crippen molar-refractivity contribution in [2.75, 3.05) is 26.7 Å². The number of carbonyl (C=O) groups excluding carboxylic acids is 1. The maximum absolute atomic E-state index is 14.4. The summed E-state index contributed by atoms with van der Waals surface area (Å²) in [6.07, 6.45) is 3.29. The van der Waals surface area contributed by atoms with Crippen LogP contribution < -0.4 is 15.4 Å². The van der Waals surface area contributed by atoms with Crippen molar-refractivity contribution in [2.45, 2.75) is 19.3 Å². The Morgan fingerprint density at radius 2 is 2.00 bits per heavy atom. The van der Waals surface area contributed by atoms with E-state index in [0.29, 0.717) is 12.5 Å². The highest BCUT2D eigenvalue weighted by molar-refractivity contribution is 5.95. The summed E-state index contributed by atoms with van der Waals surface area (Å²) in [4.78, 5) is 12.3. The van der Waals surface area contributed by atoms with Gasteiger partial charge in [-0.25, -0.2) is 4.39 Å². The highest BCUT2D eigenvalue weighted by Gasteiger charge is 2.15. The normalized spacial score (nSPS) is 16.9. The Morgan fingerprint density at radius 3 is 2.65 bits per heavy atom. The van der Waals surface area contributed by atoms with Gasteiger partial charge in [-0.1, -0.05) is 18.2 Å². The maximum atomic E-state index is 14.4. The van der Waals surface area contributed by atoms with Crippen LogP contribution in [0.15, 0.2) is 42.5 Å². The van der Waals surface area contributed by atoms with E-state index in [0.717, 1.165) is 36.4 Å². The van der Waals surface area contributed by atoms with E-state index in [4.69, 9.17) is 4.74 Å². The number of nitrogens with one attached hydrogen (secondary N) is 2. The second-order valence-corrected chi connectivity index (χ2v) is 6.68. The van der Waals surface area contributed by atoms with Gasteiger partial charge in [0.2, 0.25) is 0 Å². The third-order valence-electron chi connectivity index (χ3n) is 4.87. The monoisotopic (exact) mass is 356 g/mol. The largest absolute Gasteiger partial charge is 0.497 e. The Hall–Kier alpha value is -2.40. The van der Waals surface area contributed by atoms with Crippen LogP contribution in [0.5, 0.6) is 5.75 Å². The number of amides is 1. The molecule has 138 valence electrons. The first-order chi connectivity index (χ1) is 12.7. The number of benzene rings is 2. The Morgan fingerprint density at radius 1 is 1.23 bits per heavy atom. The van der Waals surface area contributed by atoms with E-state index < -0.39 is 5.82 Å². The van der Waals surface area contributed by atoms with Gasteiger partial charge < -0.3 is 15.4 Å². The number of rotatable bonds is 6. The first kappa shape index (κ1) is 18.4. The van der Waals surface area contributed by atoms with Crippen LogP contribution in [0.1, 0.15) is 29.6 Å².